The first-order valence-corrected chi connectivity index (χ1v) is 7.91. The molecular formula is C17H22N4O2. The summed E-state index contributed by atoms with van der Waals surface area (Å²) in [4.78, 5) is 25.9. The van der Waals surface area contributed by atoms with Crippen molar-refractivity contribution in [1.29, 1.82) is 5.26 Å². The Morgan fingerprint density at radius 3 is 2.57 bits per heavy atom. The number of nitrogens with zero attached hydrogens (tertiary/aromatic N) is 2. The maximum Gasteiger partial charge on any atom is 0.251 e. The normalized spacial score (nSPS) is 15.6. The van der Waals surface area contributed by atoms with Gasteiger partial charge in [-0.3, -0.25) is 14.5 Å². The second-order valence-corrected chi connectivity index (χ2v) is 5.65. The molecule has 1 aliphatic heterocycles. The van der Waals surface area contributed by atoms with Crippen LogP contribution in [0.1, 0.15) is 29.6 Å². The minimum atomic E-state index is -0.0491. The largest absolute Gasteiger partial charge is 0.354 e. The summed E-state index contributed by atoms with van der Waals surface area (Å²) in [6, 6.07) is 11.3. The SMILES string of the molecule is N#CCCNC(=O)CN1CCC(NC(=O)c2ccccc2)CC1. The second kappa shape index (κ2) is 8.91. The average molecular weight is 314 g/mol. The van der Waals surface area contributed by atoms with Crippen LogP contribution in [-0.2, 0) is 4.79 Å². The Bertz CT molecular complexity index is 560. The van der Waals surface area contributed by atoms with E-state index < -0.39 is 0 Å². The minimum Gasteiger partial charge on any atom is -0.354 e. The standard InChI is InChI=1S/C17H22N4O2/c18-9-4-10-19-16(22)13-21-11-7-15(8-12-21)20-17(23)14-5-2-1-3-6-14/h1-3,5-6,15H,4,7-8,10-13H2,(H,19,22)(H,20,23). The van der Waals surface area contributed by atoms with Crippen LogP contribution in [0.4, 0.5) is 0 Å². The summed E-state index contributed by atoms with van der Waals surface area (Å²) < 4.78 is 0. The Balaban J connectivity index is 1.69. The van der Waals surface area contributed by atoms with E-state index in [1.165, 1.54) is 0 Å². The van der Waals surface area contributed by atoms with Gasteiger partial charge in [0.25, 0.3) is 5.91 Å². The lowest BCUT2D eigenvalue weighted by atomic mass is 10.0. The van der Waals surface area contributed by atoms with Crippen LogP contribution in [0, 0.1) is 11.3 Å². The summed E-state index contributed by atoms with van der Waals surface area (Å²) in [5.74, 6) is -0.0923. The molecule has 122 valence electrons. The molecule has 0 bridgehead atoms. The topological polar surface area (TPSA) is 85.2 Å². The molecular weight excluding hydrogens is 292 g/mol. The van der Waals surface area contributed by atoms with Crippen LogP contribution >= 0.6 is 0 Å². The number of amides is 2. The number of nitriles is 1. The molecule has 1 saturated heterocycles. The number of hydrogen-bond donors (Lipinski definition) is 2. The molecule has 1 aromatic rings. The van der Waals surface area contributed by atoms with Gasteiger partial charge in [-0.15, -0.1) is 0 Å². The summed E-state index contributed by atoms with van der Waals surface area (Å²) in [5.41, 5.74) is 0.673. The van der Waals surface area contributed by atoms with Crippen molar-refractivity contribution in [3.05, 3.63) is 35.9 Å². The van der Waals surface area contributed by atoms with Crippen molar-refractivity contribution >= 4 is 11.8 Å². The minimum absolute atomic E-state index is 0.0432. The molecule has 0 unspecified atom stereocenters. The molecule has 0 atom stereocenters. The van der Waals surface area contributed by atoms with Gasteiger partial charge in [0.2, 0.25) is 5.91 Å². The molecule has 6 nitrogen and oxygen atoms in total. The summed E-state index contributed by atoms with van der Waals surface area (Å²) in [7, 11) is 0. The number of likely N-dealkylation sites (tertiary alicyclic amines) is 1. The fourth-order valence-corrected chi connectivity index (χ4v) is 2.61. The van der Waals surface area contributed by atoms with Crippen molar-refractivity contribution in [2.45, 2.75) is 25.3 Å². The van der Waals surface area contributed by atoms with E-state index in [2.05, 4.69) is 15.5 Å². The number of carbonyl (C=O) groups excluding carboxylic acids is 2. The lowest BCUT2D eigenvalue weighted by Crippen LogP contribution is -2.47. The predicted octanol–water partition coefficient (Wildman–Crippen LogP) is 0.911. The van der Waals surface area contributed by atoms with Gasteiger partial charge in [0.15, 0.2) is 0 Å². The molecule has 23 heavy (non-hydrogen) atoms. The summed E-state index contributed by atoms with van der Waals surface area (Å²) in [5, 5.41) is 14.2. The monoisotopic (exact) mass is 314 g/mol. The highest BCUT2D eigenvalue weighted by molar-refractivity contribution is 5.94. The highest BCUT2D eigenvalue weighted by atomic mass is 16.2. The Hall–Kier alpha value is -2.39. The average Bonchev–Trinajstić information content (AvgIpc) is 2.57. The molecule has 1 heterocycles. The third kappa shape index (κ3) is 5.72. The first kappa shape index (κ1) is 17.0. The van der Waals surface area contributed by atoms with Gasteiger partial charge in [0, 0.05) is 31.2 Å². The Kier molecular flexibility index (Phi) is 6.57. The quantitative estimate of drug-likeness (QED) is 0.764. The molecule has 0 spiro atoms. The number of benzene rings is 1. The first-order valence-electron chi connectivity index (χ1n) is 7.91. The molecule has 2 N–H and O–H groups in total. The highest BCUT2D eigenvalue weighted by Crippen LogP contribution is 2.11. The fraction of sp³-hybridized carbons (Fsp3) is 0.471. The summed E-state index contributed by atoms with van der Waals surface area (Å²) >= 11 is 0. The third-order valence-electron chi connectivity index (χ3n) is 3.88. The van der Waals surface area contributed by atoms with Crippen LogP contribution in [0.5, 0.6) is 0 Å². The van der Waals surface area contributed by atoms with Crippen LogP contribution in [0.3, 0.4) is 0 Å². The zero-order valence-corrected chi connectivity index (χ0v) is 13.1. The van der Waals surface area contributed by atoms with Gasteiger partial charge in [0.1, 0.15) is 0 Å². The zero-order chi connectivity index (χ0) is 16.5. The van der Waals surface area contributed by atoms with Gasteiger partial charge in [-0.1, -0.05) is 18.2 Å². The van der Waals surface area contributed by atoms with Gasteiger partial charge >= 0.3 is 0 Å². The molecule has 0 aromatic heterocycles. The van der Waals surface area contributed by atoms with Crippen molar-refractivity contribution in [2.75, 3.05) is 26.2 Å². The first-order chi connectivity index (χ1) is 11.2. The van der Waals surface area contributed by atoms with E-state index in [1.54, 1.807) is 12.1 Å². The van der Waals surface area contributed by atoms with E-state index in [4.69, 9.17) is 5.26 Å². The zero-order valence-electron chi connectivity index (χ0n) is 13.1. The molecule has 1 aromatic carbocycles. The number of carbonyl (C=O) groups is 2. The maximum atomic E-state index is 12.1. The van der Waals surface area contributed by atoms with Crippen LogP contribution in [0.15, 0.2) is 30.3 Å². The van der Waals surface area contributed by atoms with Crippen molar-refractivity contribution in [3.8, 4) is 6.07 Å². The molecule has 0 saturated carbocycles. The van der Waals surface area contributed by atoms with Crippen molar-refractivity contribution in [3.63, 3.8) is 0 Å². The van der Waals surface area contributed by atoms with E-state index in [0.717, 1.165) is 25.9 Å². The van der Waals surface area contributed by atoms with Gasteiger partial charge in [-0.2, -0.15) is 5.26 Å². The van der Waals surface area contributed by atoms with Crippen LogP contribution in [-0.4, -0.2) is 48.9 Å². The molecule has 1 fully saturated rings. The molecule has 6 heteroatoms. The summed E-state index contributed by atoms with van der Waals surface area (Å²) in [6.07, 6.45) is 2.01. The van der Waals surface area contributed by atoms with Gasteiger partial charge in [-0.25, -0.2) is 0 Å². The molecule has 2 rings (SSSR count). The number of nitrogens with one attached hydrogen (secondary N) is 2. The molecule has 0 aliphatic carbocycles. The van der Waals surface area contributed by atoms with E-state index in [9.17, 15) is 9.59 Å². The molecule has 0 radical (unpaired) electrons. The van der Waals surface area contributed by atoms with Crippen molar-refractivity contribution in [1.82, 2.24) is 15.5 Å². The van der Waals surface area contributed by atoms with E-state index in [-0.39, 0.29) is 17.9 Å². The van der Waals surface area contributed by atoms with E-state index >= 15 is 0 Å². The Morgan fingerprint density at radius 1 is 1.22 bits per heavy atom. The lowest BCUT2D eigenvalue weighted by Gasteiger charge is -2.31. The van der Waals surface area contributed by atoms with Crippen LogP contribution < -0.4 is 10.6 Å². The van der Waals surface area contributed by atoms with Crippen molar-refractivity contribution in [2.24, 2.45) is 0 Å². The predicted molar refractivity (Wildman–Crippen MR) is 86.6 cm³/mol. The van der Waals surface area contributed by atoms with Gasteiger partial charge in [0.05, 0.1) is 19.0 Å². The second-order valence-electron chi connectivity index (χ2n) is 5.65. The smallest absolute Gasteiger partial charge is 0.251 e. The van der Waals surface area contributed by atoms with Crippen LogP contribution in [0.25, 0.3) is 0 Å². The molecule has 1 aliphatic rings. The summed E-state index contributed by atoms with van der Waals surface area (Å²) in [6.45, 7) is 2.32. The number of piperidine rings is 1. The Labute approximate surface area is 136 Å². The molecule has 2 amide bonds. The van der Waals surface area contributed by atoms with Gasteiger partial charge in [-0.05, 0) is 25.0 Å². The van der Waals surface area contributed by atoms with Crippen molar-refractivity contribution < 1.29 is 9.59 Å². The number of rotatable bonds is 6. The lowest BCUT2D eigenvalue weighted by molar-refractivity contribution is -0.122. The number of hydrogen-bond acceptors (Lipinski definition) is 4. The van der Waals surface area contributed by atoms with Gasteiger partial charge < -0.3 is 10.6 Å². The fourth-order valence-electron chi connectivity index (χ4n) is 2.61. The third-order valence-corrected chi connectivity index (χ3v) is 3.88. The Morgan fingerprint density at radius 2 is 1.91 bits per heavy atom. The van der Waals surface area contributed by atoms with E-state index in [0.29, 0.717) is 25.1 Å². The highest BCUT2D eigenvalue weighted by Gasteiger charge is 2.22. The van der Waals surface area contributed by atoms with Crippen LogP contribution in [0.2, 0.25) is 0 Å². The van der Waals surface area contributed by atoms with E-state index in [1.807, 2.05) is 24.3 Å². The maximum absolute atomic E-state index is 12.1.